The smallest absolute Gasteiger partial charge is 0.222 e. The van der Waals surface area contributed by atoms with Gasteiger partial charge in [0.05, 0.1) is 0 Å². The van der Waals surface area contributed by atoms with Gasteiger partial charge in [-0.2, -0.15) is 0 Å². The highest BCUT2D eigenvalue weighted by Crippen LogP contribution is 2.12. The van der Waals surface area contributed by atoms with Gasteiger partial charge in [0, 0.05) is 19.5 Å². The average molecular weight is 243 g/mol. The van der Waals surface area contributed by atoms with E-state index in [0.717, 1.165) is 0 Å². The van der Waals surface area contributed by atoms with E-state index in [0.29, 0.717) is 19.5 Å². The van der Waals surface area contributed by atoms with Gasteiger partial charge in [-0.15, -0.1) is 6.58 Å². The van der Waals surface area contributed by atoms with Gasteiger partial charge in [0.15, 0.2) is 0 Å². The molecule has 0 aliphatic rings. The molecule has 0 aromatic heterocycles. The molecule has 1 aromatic carbocycles. The maximum absolute atomic E-state index is 11.7. The van der Waals surface area contributed by atoms with Crippen molar-refractivity contribution in [3.8, 4) is 0 Å². The van der Waals surface area contributed by atoms with Crippen LogP contribution in [0.25, 0.3) is 5.57 Å². The van der Waals surface area contributed by atoms with Crippen LogP contribution in [0.1, 0.15) is 25.8 Å². The van der Waals surface area contributed by atoms with E-state index in [4.69, 9.17) is 0 Å². The van der Waals surface area contributed by atoms with E-state index in [-0.39, 0.29) is 5.91 Å². The summed E-state index contributed by atoms with van der Waals surface area (Å²) in [6, 6.07) is 10.2. The molecule has 0 spiro atoms. The minimum absolute atomic E-state index is 0.159. The number of hydrogen-bond donors (Lipinski definition) is 0. The summed E-state index contributed by atoms with van der Waals surface area (Å²) in [6.07, 6.45) is 4.39. The highest BCUT2D eigenvalue weighted by molar-refractivity contribution is 5.76. The van der Waals surface area contributed by atoms with E-state index in [1.54, 1.807) is 11.0 Å². The van der Waals surface area contributed by atoms with Gasteiger partial charge >= 0.3 is 0 Å². The summed E-state index contributed by atoms with van der Waals surface area (Å²) in [7, 11) is 0. The summed E-state index contributed by atoms with van der Waals surface area (Å²) in [4.78, 5) is 13.5. The van der Waals surface area contributed by atoms with E-state index < -0.39 is 0 Å². The molecule has 0 saturated carbocycles. The molecule has 0 unspecified atom stereocenters. The van der Waals surface area contributed by atoms with Crippen LogP contribution in [0.5, 0.6) is 0 Å². The first-order valence-corrected chi connectivity index (χ1v) is 6.29. The summed E-state index contributed by atoms with van der Waals surface area (Å²) >= 11 is 0. The van der Waals surface area contributed by atoms with Gasteiger partial charge in [-0.05, 0) is 18.1 Å². The van der Waals surface area contributed by atoms with Crippen LogP contribution in [-0.2, 0) is 4.79 Å². The fourth-order valence-electron chi connectivity index (χ4n) is 1.72. The van der Waals surface area contributed by atoms with Crippen molar-refractivity contribution in [2.75, 3.05) is 13.1 Å². The first kappa shape index (κ1) is 14.2. The maximum atomic E-state index is 11.7. The molecular formula is C16H21NO. The van der Waals surface area contributed by atoms with Crippen LogP contribution < -0.4 is 0 Å². The molecule has 2 nitrogen and oxygen atoms in total. The molecule has 0 aliphatic carbocycles. The lowest BCUT2D eigenvalue weighted by Gasteiger charge is -2.19. The minimum Gasteiger partial charge on any atom is -0.335 e. The molecule has 96 valence electrons. The van der Waals surface area contributed by atoms with Crippen molar-refractivity contribution in [3.05, 3.63) is 54.6 Å². The predicted octanol–water partition coefficient (Wildman–Crippen LogP) is 3.51. The van der Waals surface area contributed by atoms with Crippen molar-refractivity contribution in [1.82, 2.24) is 4.90 Å². The van der Waals surface area contributed by atoms with E-state index in [1.165, 1.54) is 11.1 Å². The van der Waals surface area contributed by atoms with Crippen LogP contribution in [0.15, 0.2) is 49.1 Å². The molecule has 18 heavy (non-hydrogen) atoms. The van der Waals surface area contributed by atoms with Gasteiger partial charge in [-0.1, -0.05) is 49.4 Å². The van der Waals surface area contributed by atoms with Gasteiger partial charge in [0.2, 0.25) is 5.91 Å². The Morgan fingerprint density at radius 3 is 2.50 bits per heavy atom. The Bertz CT molecular complexity index is 420. The summed E-state index contributed by atoms with van der Waals surface area (Å²) in [6.45, 7) is 8.88. The van der Waals surface area contributed by atoms with Gasteiger partial charge in [0.25, 0.3) is 0 Å². The number of allylic oxidation sites excluding steroid dienone is 1. The second-order valence-corrected chi connectivity index (χ2v) is 4.19. The molecule has 2 heteroatoms. The third-order valence-corrected chi connectivity index (χ3v) is 2.85. The molecule has 0 fully saturated rings. The fourth-order valence-corrected chi connectivity index (χ4v) is 1.72. The van der Waals surface area contributed by atoms with Crippen LogP contribution >= 0.6 is 0 Å². The molecule has 0 N–H and O–H groups in total. The average Bonchev–Trinajstić information content (AvgIpc) is 2.43. The Kier molecular flexibility index (Phi) is 5.92. The third kappa shape index (κ3) is 4.21. The quantitative estimate of drug-likeness (QED) is 0.700. The van der Waals surface area contributed by atoms with Crippen molar-refractivity contribution in [2.45, 2.75) is 20.3 Å². The second-order valence-electron chi connectivity index (χ2n) is 4.19. The van der Waals surface area contributed by atoms with Crippen molar-refractivity contribution in [1.29, 1.82) is 0 Å². The molecular weight excluding hydrogens is 222 g/mol. The topological polar surface area (TPSA) is 20.3 Å². The van der Waals surface area contributed by atoms with Crippen molar-refractivity contribution < 1.29 is 4.79 Å². The highest BCUT2D eigenvalue weighted by Gasteiger charge is 2.07. The lowest BCUT2D eigenvalue weighted by atomic mass is 10.1. The number of carbonyl (C=O) groups excluding carboxylic acids is 1. The number of nitrogens with zero attached hydrogens (tertiary/aromatic N) is 1. The van der Waals surface area contributed by atoms with Gasteiger partial charge in [-0.25, -0.2) is 0 Å². The van der Waals surface area contributed by atoms with Crippen molar-refractivity contribution >= 4 is 11.5 Å². The molecule has 0 atom stereocenters. The first-order chi connectivity index (χ1) is 8.69. The second kappa shape index (κ2) is 7.49. The zero-order valence-electron chi connectivity index (χ0n) is 11.2. The van der Waals surface area contributed by atoms with E-state index in [1.807, 2.05) is 25.1 Å². The Balaban J connectivity index is 2.71. The zero-order valence-corrected chi connectivity index (χ0v) is 11.2. The zero-order chi connectivity index (χ0) is 13.4. The van der Waals surface area contributed by atoms with Gasteiger partial charge < -0.3 is 4.90 Å². The van der Waals surface area contributed by atoms with Gasteiger partial charge in [0.1, 0.15) is 0 Å². The predicted molar refractivity (Wildman–Crippen MR) is 77.2 cm³/mol. The summed E-state index contributed by atoms with van der Waals surface area (Å²) < 4.78 is 0. The molecule has 1 aromatic rings. The first-order valence-electron chi connectivity index (χ1n) is 6.29. The number of carbonyl (C=O) groups is 1. The minimum atomic E-state index is 0.159. The molecule has 0 saturated heterocycles. The molecule has 0 aliphatic heterocycles. The van der Waals surface area contributed by atoms with Crippen molar-refractivity contribution in [2.24, 2.45) is 0 Å². The Morgan fingerprint density at radius 2 is 1.94 bits per heavy atom. The number of benzene rings is 1. The van der Waals surface area contributed by atoms with Crippen LogP contribution in [0.3, 0.4) is 0 Å². The number of amides is 1. The standard InChI is InChI=1S/C16H21NO/c1-4-12-17(16(18)5-2)13-11-14(3)15-9-7-6-8-10-15/h4,6-11H,1,5,12-13H2,2-3H3/b14-11+. The lowest BCUT2D eigenvalue weighted by Crippen LogP contribution is -2.30. The summed E-state index contributed by atoms with van der Waals surface area (Å²) in [5, 5.41) is 0. The number of rotatable bonds is 6. The Morgan fingerprint density at radius 1 is 1.28 bits per heavy atom. The summed E-state index contributed by atoms with van der Waals surface area (Å²) in [5.41, 5.74) is 2.38. The maximum Gasteiger partial charge on any atom is 0.222 e. The molecule has 0 radical (unpaired) electrons. The lowest BCUT2D eigenvalue weighted by molar-refractivity contribution is -0.129. The van der Waals surface area contributed by atoms with Crippen molar-refractivity contribution in [3.63, 3.8) is 0 Å². The van der Waals surface area contributed by atoms with Crippen LogP contribution in [-0.4, -0.2) is 23.9 Å². The van der Waals surface area contributed by atoms with Crippen LogP contribution in [0.2, 0.25) is 0 Å². The van der Waals surface area contributed by atoms with E-state index >= 15 is 0 Å². The normalized spacial score (nSPS) is 11.1. The van der Waals surface area contributed by atoms with Crippen LogP contribution in [0.4, 0.5) is 0 Å². The van der Waals surface area contributed by atoms with E-state index in [9.17, 15) is 4.79 Å². The third-order valence-electron chi connectivity index (χ3n) is 2.85. The van der Waals surface area contributed by atoms with Crippen LogP contribution in [0, 0.1) is 0 Å². The fraction of sp³-hybridized carbons (Fsp3) is 0.312. The number of hydrogen-bond acceptors (Lipinski definition) is 1. The Labute approximate surface area is 110 Å². The summed E-state index contributed by atoms with van der Waals surface area (Å²) in [5.74, 6) is 0.159. The van der Waals surface area contributed by atoms with E-state index in [2.05, 4.69) is 31.7 Å². The molecule has 0 bridgehead atoms. The Hall–Kier alpha value is -1.83. The largest absolute Gasteiger partial charge is 0.335 e. The molecule has 0 heterocycles. The SMILES string of the molecule is C=CCN(C/C=C(\C)c1ccccc1)C(=O)CC. The monoisotopic (exact) mass is 243 g/mol. The molecule has 1 amide bonds. The highest BCUT2D eigenvalue weighted by atomic mass is 16.2. The van der Waals surface area contributed by atoms with Gasteiger partial charge in [-0.3, -0.25) is 4.79 Å². The molecule has 1 rings (SSSR count).